The monoisotopic (exact) mass is 404 g/mol. The first kappa shape index (κ1) is 19.6. The number of carbonyl (C=O) groups excluding carboxylic acids is 1. The third kappa shape index (κ3) is 3.89. The Bertz CT molecular complexity index is 1150. The average Bonchev–Trinajstić information content (AvgIpc) is 3.40. The quantitative estimate of drug-likeness (QED) is 0.490. The van der Waals surface area contributed by atoms with Crippen molar-refractivity contribution in [2.45, 2.75) is 26.3 Å². The average molecular weight is 404 g/mol. The number of nitrogens with zero attached hydrogens (tertiary/aromatic N) is 4. The van der Waals surface area contributed by atoms with E-state index < -0.39 is 0 Å². The number of pyridine rings is 1. The number of aromatic amines is 1. The summed E-state index contributed by atoms with van der Waals surface area (Å²) in [6, 6.07) is 12.9. The first-order valence-corrected chi connectivity index (χ1v) is 9.85. The Morgan fingerprint density at radius 1 is 1.17 bits per heavy atom. The van der Waals surface area contributed by atoms with Crippen LogP contribution in [0.25, 0.3) is 16.9 Å². The zero-order valence-corrected chi connectivity index (χ0v) is 17.2. The third-order valence-electron chi connectivity index (χ3n) is 4.93. The SMILES string of the molecule is COc1ccc(-c2[nH]ncc2C(=O)N[C@H](CC(C)C)c2nnc3ccccn23)cc1. The van der Waals surface area contributed by atoms with Crippen LogP contribution in [0.5, 0.6) is 5.75 Å². The molecule has 0 radical (unpaired) electrons. The number of hydrogen-bond acceptors (Lipinski definition) is 5. The highest BCUT2D eigenvalue weighted by Crippen LogP contribution is 2.26. The van der Waals surface area contributed by atoms with Crippen molar-refractivity contribution in [3.05, 3.63) is 66.2 Å². The van der Waals surface area contributed by atoms with Crippen LogP contribution in [-0.2, 0) is 0 Å². The van der Waals surface area contributed by atoms with Crippen molar-refractivity contribution in [1.29, 1.82) is 0 Å². The van der Waals surface area contributed by atoms with Crippen molar-refractivity contribution < 1.29 is 9.53 Å². The summed E-state index contributed by atoms with van der Waals surface area (Å²) in [4.78, 5) is 13.2. The zero-order chi connectivity index (χ0) is 21.1. The van der Waals surface area contributed by atoms with E-state index in [1.165, 1.54) is 0 Å². The Labute approximate surface area is 174 Å². The highest BCUT2D eigenvalue weighted by molar-refractivity contribution is 5.99. The highest BCUT2D eigenvalue weighted by atomic mass is 16.5. The summed E-state index contributed by atoms with van der Waals surface area (Å²) in [5.41, 5.74) is 2.73. The van der Waals surface area contributed by atoms with Gasteiger partial charge in [-0.25, -0.2) is 0 Å². The van der Waals surface area contributed by atoms with Crippen molar-refractivity contribution in [1.82, 2.24) is 30.1 Å². The number of H-pyrrole nitrogens is 1. The molecule has 3 aromatic heterocycles. The summed E-state index contributed by atoms with van der Waals surface area (Å²) in [6.07, 6.45) is 4.19. The second kappa shape index (κ2) is 8.36. The maximum absolute atomic E-state index is 13.2. The Morgan fingerprint density at radius 3 is 2.70 bits per heavy atom. The maximum atomic E-state index is 13.2. The molecule has 0 saturated carbocycles. The number of rotatable bonds is 7. The highest BCUT2D eigenvalue weighted by Gasteiger charge is 2.24. The van der Waals surface area contributed by atoms with E-state index in [0.717, 1.165) is 23.4 Å². The fourth-order valence-corrected chi connectivity index (χ4v) is 3.47. The summed E-state index contributed by atoms with van der Waals surface area (Å²) in [5, 5.41) is 18.7. The molecule has 1 amide bonds. The number of benzene rings is 1. The van der Waals surface area contributed by atoms with Crippen LogP contribution >= 0.6 is 0 Å². The smallest absolute Gasteiger partial charge is 0.255 e. The van der Waals surface area contributed by atoms with Gasteiger partial charge in [0.1, 0.15) is 5.75 Å². The molecule has 0 aliphatic carbocycles. The summed E-state index contributed by atoms with van der Waals surface area (Å²) in [7, 11) is 1.62. The van der Waals surface area contributed by atoms with E-state index >= 15 is 0 Å². The van der Waals surface area contributed by atoms with Gasteiger partial charge in [-0.3, -0.25) is 14.3 Å². The maximum Gasteiger partial charge on any atom is 0.255 e. The Kier molecular flexibility index (Phi) is 5.47. The molecule has 30 heavy (non-hydrogen) atoms. The van der Waals surface area contributed by atoms with Crippen molar-refractivity contribution in [2.24, 2.45) is 5.92 Å². The molecule has 4 rings (SSSR count). The normalized spacial score (nSPS) is 12.3. The number of fused-ring (bicyclic) bond motifs is 1. The van der Waals surface area contributed by atoms with Crippen LogP contribution in [0.2, 0.25) is 0 Å². The molecule has 0 aliphatic rings. The number of amides is 1. The molecular weight excluding hydrogens is 380 g/mol. The molecule has 8 heteroatoms. The first-order chi connectivity index (χ1) is 14.6. The molecule has 1 aromatic carbocycles. The summed E-state index contributed by atoms with van der Waals surface area (Å²) < 4.78 is 7.12. The molecule has 0 spiro atoms. The topological polar surface area (TPSA) is 97.2 Å². The van der Waals surface area contributed by atoms with Gasteiger partial charge < -0.3 is 10.1 Å². The summed E-state index contributed by atoms with van der Waals surface area (Å²) in [5.74, 6) is 1.60. The molecule has 0 aliphatic heterocycles. The van der Waals surface area contributed by atoms with Gasteiger partial charge in [-0.05, 0) is 48.7 Å². The Morgan fingerprint density at radius 2 is 1.97 bits per heavy atom. The standard InChI is InChI=1S/C22H24N6O2/c1-14(2)12-18(21-27-25-19-6-4-5-11-28(19)21)24-22(29)17-13-23-26-20(17)15-7-9-16(30-3)10-8-15/h4-11,13-14,18H,12H2,1-3H3,(H,23,26)(H,24,29)/t18-/m1/s1. The van der Waals surface area contributed by atoms with E-state index in [4.69, 9.17) is 4.74 Å². The van der Waals surface area contributed by atoms with Gasteiger partial charge in [-0.1, -0.05) is 19.9 Å². The number of ether oxygens (including phenoxy) is 1. The molecule has 2 N–H and O–H groups in total. The van der Waals surface area contributed by atoms with E-state index in [-0.39, 0.29) is 11.9 Å². The van der Waals surface area contributed by atoms with Crippen molar-refractivity contribution >= 4 is 11.6 Å². The van der Waals surface area contributed by atoms with Gasteiger partial charge in [-0.2, -0.15) is 5.10 Å². The number of methoxy groups -OCH3 is 1. The van der Waals surface area contributed by atoms with Crippen LogP contribution in [0.15, 0.2) is 54.9 Å². The molecule has 0 unspecified atom stereocenters. The molecule has 0 saturated heterocycles. The molecule has 154 valence electrons. The fraction of sp³-hybridized carbons (Fsp3) is 0.273. The van der Waals surface area contributed by atoms with Crippen molar-refractivity contribution in [3.63, 3.8) is 0 Å². The molecule has 1 atom stereocenters. The van der Waals surface area contributed by atoms with Crippen LogP contribution in [0.1, 0.15) is 42.5 Å². The van der Waals surface area contributed by atoms with E-state index in [1.807, 2.05) is 53.1 Å². The first-order valence-electron chi connectivity index (χ1n) is 9.85. The van der Waals surface area contributed by atoms with Crippen LogP contribution < -0.4 is 10.1 Å². The van der Waals surface area contributed by atoms with Crippen molar-refractivity contribution in [2.75, 3.05) is 7.11 Å². The van der Waals surface area contributed by atoms with Gasteiger partial charge >= 0.3 is 0 Å². The minimum absolute atomic E-state index is 0.215. The van der Waals surface area contributed by atoms with Gasteiger partial charge in [0.15, 0.2) is 11.5 Å². The predicted octanol–water partition coefficient (Wildman–Crippen LogP) is 3.65. The molecule has 8 nitrogen and oxygen atoms in total. The lowest BCUT2D eigenvalue weighted by Gasteiger charge is -2.19. The second-order valence-corrected chi connectivity index (χ2v) is 7.53. The van der Waals surface area contributed by atoms with Gasteiger partial charge in [0.25, 0.3) is 5.91 Å². The third-order valence-corrected chi connectivity index (χ3v) is 4.93. The minimum Gasteiger partial charge on any atom is -0.497 e. The second-order valence-electron chi connectivity index (χ2n) is 7.53. The molecular formula is C22H24N6O2. The largest absolute Gasteiger partial charge is 0.497 e. The number of hydrogen-bond donors (Lipinski definition) is 2. The van der Waals surface area contributed by atoms with E-state index in [1.54, 1.807) is 13.3 Å². The van der Waals surface area contributed by atoms with E-state index in [9.17, 15) is 4.79 Å². The Hall–Kier alpha value is -3.68. The van der Waals surface area contributed by atoms with Crippen LogP contribution in [0, 0.1) is 5.92 Å². The van der Waals surface area contributed by atoms with Crippen LogP contribution in [0.4, 0.5) is 0 Å². The van der Waals surface area contributed by atoms with Crippen LogP contribution in [-0.4, -0.2) is 37.8 Å². The predicted molar refractivity (Wildman–Crippen MR) is 113 cm³/mol. The van der Waals surface area contributed by atoms with E-state index in [0.29, 0.717) is 23.0 Å². The van der Waals surface area contributed by atoms with Crippen molar-refractivity contribution in [3.8, 4) is 17.0 Å². The van der Waals surface area contributed by atoms with E-state index in [2.05, 4.69) is 39.6 Å². The number of aromatic nitrogens is 5. The lowest BCUT2D eigenvalue weighted by atomic mass is 10.0. The number of carbonyl (C=O) groups is 1. The molecule has 3 heterocycles. The summed E-state index contributed by atoms with van der Waals surface area (Å²) >= 11 is 0. The lowest BCUT2D eigenvalue weighted by Crippen LogP contribution is -2.31. The Balaban J connectivity index is 1.63. The number of nitrogens with one attached hydrogen (secondary N) is 2. The minimum atomic E-state index is -0.284. The van der Waals surface area contributed by atoms with Gasteiger partial charge in [0.05, 0.1) is 30.6 Å². The van der Waals surface area contributed by atoms with Gasteiger partial charge in [0.2, 0.25) is 0 Å². The lowest BCUT2D eigenvalue weighted by molar-refractivity contribution is 0.0930. The molecule has 0 bridgehead atoms. The fourth-order valence-electron chi connectivity index (χ4n) is 3.47. The van der Waals surface area contributed by atoms with Crippen LogP contribution in [0.3, 0.4) is 0 Å². The zero-order valence-electron chi connectivity index (χ0n) is 17.2. The van der Waals surface area contributed by atoms with Gasteiger partial charge in [-0.15, -0.1) is 10.2 Å². The molecule has 0 fully saturated rings. The summed E-state index contributed by atoms with van der Waals surface area (Å²) in [6.45, 7) is 4.23. The molecule has 4 aromatic rings. The van der Waals surface area contributed by atoms with Gasteiger partial charge in [0, 0.05) is 11.8 Å².